The van der Waals surface area contributed by atoms with Crippen molar-refractivity contribution in [3.63, 3.8) is 0 Å². The van der Waals surface area contributed by atoms with Gasteiger partial charge in [0.2, 0.25) is 0 Å². The Morgan fingerprint density at radius 1 is 1.16 bits per heavy atom. The molecule has 0 aromatic carbocycles. The molecule has 19 heavy (non-hydrogen) atoms. The quantitative estimate of drug-likeness (QED) is 0.371. The van der Waals surface area contributed by atoms with E-state index in [9.17, 15) is 4.79 Å². The molecule has 0 saturated heterocycles. The predicted molar refractivity (Wildman–Crippen MR) is 79.7 cm³/mol. The second kappa shape index (κ2) is 9.28. The first-order valence-electron chi connectivity index (χ1n) is 6.95. The first kappa shape index (κ1) is 18.3. The molecule has 2 atom stereocenters. The van der Waals surface area contributed by atoms with E-state index in [-0.39, 0.29) is 18.2 Å². The molecule has 0 unspecified atom stereocenters. The Kier molecular flexibility index (Phi) is 8.96. The average Bonchev–Trinajstić information content (AvgIpc) is 2.45. The Morgan fingerprint density at radius 3 is 2.05 bits per heavy atom. The number of hydrogen-bond acceptors (Lipinski definition) is 4. The van der Waals surface area contributed by atoms with E-state index >= 15 is 0 Å². The number of hydrogen-bond donors (Lipinski definition) is 0. The van der Waals surface area contributed by atoms with E-state index in [4.69, 9.17) is 9.16 Å². The number of methoxy groups -OCH3 is 2. The molecule has 0 aliphatic heterocycles. The topological polar surface area (TPSA) is 44.8 Å². The van der Waals surface area contributed by atoms with Crippen molar-refractivity contribution in [1.82, 2.24) is 0 Å². The van der Waals surface area contributed by atoms with Crippen molar-refractivity contribution in [2.75, 3.05) is 14.2 Å². The van der Waals surface area contributed by atoms with Crippen molar-refractivity contribution >= 4 is 14.3 Å². The fourth-order valence-corrected chi connectivity index (χ4v) is 5.05. The fourth-order valence-electron chi connectivity index (χ4n) is 2.13. The van der Waals surface area contributed by atoms with E-state index in [1.54, 1.807) is 13.2 Å². The minimum Gasteiger partial charge on any atom is -0.466 e. The lowest BCUT2D eigenvalue weighted by Crippen LogP contribution is -2.43. The van der Waals surface area contributed by atoms with Gasteiger partial charge in [0.1, 0.15) is 6.10 Å². The molecule has 0 radical (unpaired) electrons. The Labute approximate surface area is 118 Å². The first-order chi connectivity index (χ1) is 8.98. The number of rotatable bonds is 9. The van der Waals surface area contributed by atoms with Crippen molar-refractivity contribution in [2.45, 2.75) is 58.0 Å². The van der Waals surface area contributed by atoms with Crippen LogP contribution in [0.15, 0.2) is 12.2 Å². The van der Waals surface area contributed by atoms with Crippen molar-refractivity contribution in [3.8, 4) is 0 Å². The Morgan fingerprint density at radius 2 is 1.68 bits per heavy atom. The molecule has 0 N–H and O–H groups in total. The van der Waals surface area contributed by atoms with Gasteiger partial charge in [-0.2, -0.15) is 0 Å². The van der Waals surface area contributed by atoms with Crippen LogP contribution in [0.3, 0.4) is 0 Å². The molecule has 0 rings (SSSR count). The fraction of sp³-hybridized carbons (Fsp3) is 0.786. The summed E-state index contributed by atoms with van der Waals surface area (Å²) in [5.41, 5.74) is 0. The van der Waals surface area contributed by atoms with Crippen molar-refractivity contribution in [3.05, 3.63) is 12.2 Å². The average molecular weight is 288 g/mol. The SMILES string of the molecule is CC[Si](CC)(CC)O[C@@H](C)[C@@H](/C=C/C(=O)OC)OC. The Balaban J connectivity index is 4.71. The Bertz CT molecular complexity index is 279. The molecule has 0 aromatic rings. The van der Waals surface area contributed by atoms with Gasteiger partial charge in [0.05, 0.1) is 13.2 Å². The Hall–Kier alpha value is -0.653. The van der Waals surface area contributed by atoms with E-state index < -0.39 is 8.32 Å². The summed E-state index contributed by atoms with van der Waals surface area (Å²) in [6.45, 7) is 8.58. The van der Waals surface area contributed by atoms with Crippen molar-refractivity contribution < 1.29 is 18.7 Å². The first-order valence-corrected chi connectivity index (χ1v) is 9.48. The summed E-state index contributed by atoms with van der Waals surface area (Å²) in [7, 11) is 1.33. The van der Waals surface area contributed by atoms with Gasteiger partial charge in [0.25, 0.3) is 0 Å². The number of ether oxygens (including phenoxy) is 2. The van der Waals surface area contributed by atoms with Gasteiger partial charge in [-0.05, 0) is 31.1 Å². The maximum absolute atomic E-state index is 11.1. The third-order valence-corrected chi connectivity index (χ3v) is 8.46. The summed E-state index contributed by atoms with van der Waals surface area (Å²) in [6.07, 6.45) is 2.81. The second-order valence-corrected chi connectivity index (χ2v) is 9.37. The monoisotopic (exact) mass is 288 g/mol. The van der Waals surface area contributed by atoms with E-state index in [0.717, 1.165) is 18.1 Å². The third-order valence-electron chi connectivity index (χ3n) is 3.73. The normalized spacial score (nSPS) is 15.5. The van der Waals surface area contributed by atoms with Gasteiger partial charge >= 0.3 is 5.97 Å². The summed E-state index contributed by atoms with van der Waals surface area (Å²) in [4.78, 5) is 11.1. The summed E-state index contributed by atoms with van der Waals surface area (Å²) >= 11 is 0. The van der Waals surface area contributed by atoms with Crippen molar-refractivity contribution in [1.29, 1.82) is 0 Å². The van der Waals surface area contributed by atoms with Gasteiger partial charge in [-0.3, -0.25) is 0 Å². The highest BCUT2D eigenvalue weighted by Crippen LogP contribution is 2.24. The molecule has 0 spiro atoms. The van der Waals surface area contributed by atoms with E-state index in [0.29, 0.717) is 0 Å². The van der Waals surface area contributed by atoms with E-state index in [2.05, 4.69) is 25.5 Å². The summed E-state index contributed by atoms with van der Waals surface area (Å²) in [6, 6.07) is 3.30. The van der Waals surface area contributed by atoms with E-state index in [1.807, 2.05) is 6.92 Å². The van der Waals surface area contributed by atoms with Crippen LogP contribution >= 0.6 is 0 Å². The predicted octanol–water partition coefficient (Wildman–Crippen LogP) is 3.14. The van der Waals surface area contributed by atoms with Crippen LogP contribution in [0, 0.1) is 0 Å². The van der Waals surface area contributed by atoms with Gasteiger partial charge in [-0.25, -0.2) is 4.79 Å². The van der Waals surface area contributed by atoms with Gasteiger partial charge in [-0.15, -0.1) is 0 Å². The molecule has 0 saturated carbocycles. The van der Waals surface area contributed by atoms with Crippen LogP contribution in [-0.4, -0.2) is 40.7 Å². The van der Waals surface area contributed by atoms with Crippen LogP contribution in [-0.2, 0) is 18.7 Å². The minimum absolute atomic E-state index is 0.0579. The highest BCUT2D eigenvalue weighted by Gasteiger charge is 2.32. The van der Waals surface area contributed by atoms with Crippen LogP contribution in [0.1, 0.15) is 27.7 Å². The van der Waals surface area contributed by atoms with Gasteiger partial charge < -0.3 is 13.9 Å². The zero-order chi connectivity index (χ0) is 14.9. The standard InChI is InChI=1S/C14H28O4Si/c1-7-19(8-2,9-3)18-12(4)13(16-5)10-11-14(15)17-6/h10-13H,7-9H2,1-6H3/b11-10+/t12-,13+/m0/s1. The minimum atomic E-state index is -1.65. The lowest BCUT2D eigenvalue weighted by molar-refractivity contribution is -0.134. The highest BCUT2D eigenvalue weighted by molar-refractivity contribution is 6.73. The van der Waals surface area contributed by atoms with Crippen LogP contribution in [0.4, 0.5) is 0 Å². The zero-order valence-corrected chi connectivity index (χ0v) is 14.1. The largest absolute Gasteiger partial charge is 0.466 e. The molecule has 0 heterocycles. The highest BCUT2D eigenvalue weighted by atomic mass is 28.4. The van der Waals surface area contributed by atoms with E-state index in [1.165, 1.54) is 13.2 Å². The maximum atomic E-state index is 11.1. The lowest BCUT2D eigenvalue weighted by atomic mass is 10.2. The molecule has 0 aliphatic carbocycles. The second-order valence-electron chi connectivity index (χ2n) is 4.65. The number of carbonyl (C=O) groups excluding carboxylic acids is 1. The van der Waals surface area contributed by atoms with Crippen LogP contribution < -0.4 is 0 Å². The molecule has 0 bridgehead atoms. The molecular weight excluding hydrogens is 260 g/mol. The molecule has 0 aromatic heterocycles. The summed E-state index contributed by atoms with van der Waals surface area (Å²) < 4.78 is 16.3. The molecule has 0 fully saturated rings. The third kappa shape index (κ3) is 5.89. The number of esters is 1. The molecule has 0 amide bonds. The number of carbonyl (C=O) groups is 1. The molecule has 0 aliphatic rings. The molecule has 4 nitrogen and oxygen atoms in total. The van der Waals surface area contributed by atoms with Crippen LogP contribution in [0.5, 0.6) is 0 Å². The summed E-state index contributed by atoms with van der Waals surface area (Å²) in [5, 5.41) is 0. The van der Waals surface area contributed by atoms with Crippen molar-refractivity contribution in [2.24, 2.45) is 0 Å². The maximum Gasteiger partial charge on any atom is 0.330 e. The lowest BCUT2D eigenvalue weighted by Gasteiger charge is -2.34. The molecule has 112 valence electrons. The van der Waals surface area contributed by atoms with Crippen LogP contribution in [0.25, 0.3) is 0 Å². The zero-order valence-electron chi connectivity index (χ0n) is 13.1. The molecule has 5 heteroatoms. The van der Waals surface area contributed by atoms with Gasteiger partial charge in [0.15, 0.2) is 8.32 Å². The van der Waals surface area contributed by atoms with Gasteiger partial charge in [-0.1, -0.05) is 20.8 Å². The summed E-state index contributed by atoms with van der Waals surface area (Å²) in [5.74, 6) is -0.376. The van der Waals surface area contributed by atoms with Crippen LogP contribution in [0.2, 0.25) is 18.1 Å². The molecular formula is C14H28O4Si. The smallest absolute Gasteiger partial charge is 0.330 e. The van der Waals surface area contributed by atoms with Gasteiger partial charge in [0, 0.05) is 13.2 Å².